The van der Waals surface area contributed by atoms with Crippen molar-refractivity contribution in [3.8, 4) is 0 Å². The predicted molar refractivity (Wildman–Crippen MR) is 80.6 cm³/mol. The Morgan fingerprint density at radius 1 is 1.20 bits per heavy atom. The Kier molecular flexibility index (Phi) is 3.89. The van der Waals surface area contributed by atoms with Crippen LogP contribution in [-0.2, 0) is 16.8 Å². The molecule has 0 radical (unpaired) electrons. The molecule has 6 heteroatoms. The second-order valence-electron chi connectivity index (χ2n) is 4.74. The lowest BCUT2D eigenvalue weighted by Gasteiger charge is -2.38. The van der Waals surface area contributed by atoms with Gasteiger partial charge in [0.05, 0.1) is 6.04 Å². The summed E-state index contributed by atoms with van der Waals surface area (Å²) in [5.41, 5.74) is 0.962. The number of benzene rings is 1. The van der Waals surface area contributed by atoms with Gasteiger partial charge >= 0.3 is 0 Å². The van der Waals surface area contributed by atoms with Crippen LogP contribution in [0, 0.1) is 0 Å². The van der Waals surface area contributed by atoms with E-state index in [2.05, 4.69) is 4.72 Å². The Morgan fingerprint density at radius 3 is 2.60 bits per heavy atom. The molecule has 1 N–H and O–H groups in total. The molecule has 106 valence electrons. The van der Waals surface area contributed by atoms with Crippen LogP contribution in [-0.4, -0.2) is 19.3 Å². The van der Waals surface area contributed by atoms with Crippen LogP contribution in [0.2, 0.25) is 0 Å². The Labute approximate surface area is 123 Å². The summed E-state index contributed by atoms with van der Waals surface area (Å²) >= 11 is 1.61. The van der Waals surface area contributed by atoms with Gasteiger partial charge in [-0.25, -0.2) is 0 Å². The van der Waals surface area contributed by atoms with Gasteiger partial charge in [-0.1, -0.05) is 36.4 Å². The molecule has 1 aromatic carbocycles. The minimum atomic E-state index is -3.41. The van der Waals surface area contributed by atoms with E-state index in [1.165, 1.54) is 0 Å². The monoisotopic (exact) mass is 308 g/mol. The summed E-state index contributed by atoms with van der Waals surface area (Å²) in [4.78, 5) is 1.11. The van der Waals surface area contributed by atoms with Crippen molar-refractivity contribution in [2.24, 2.45) is 0 Å². The zero-order chi connectivity index (χ0) is 14.0. The number of nitrogens with zero attached hydrogens (tertiary/aromatic N) is 1. The molecule has 1 aliphatic heterocycles. The van der Waals surface area contributed by atoms with Crippen LogP contribution in [0.4, 0.5) is 0 Å². The van der Waals surface area contributed by atoms with E-state index in [0.29, 0.717) is 13.1 Å². The molecule has 2 aromatic rings. The van der Waals surface area contributed by atoms with Crippen LogP contribution in [0.25, 0.3) is 0 Å². The van der Waals surface area contributed by atoms with E-state index in [1.54, 1.807) is 15.6 Å². The predicted octanol–water partition coefficient (Wildman–Crippen LogP) is 2.53. The highest BCUT2D eigenvalue weighted by Gasteiger charge is 2.38. The van der Waals surface area contributed by atoms with E-state index in [9.17, 15) is 8.42 Å². The van der Waals surface area contributed by atoms with Gasteiger partial charge in [0.25, 0.3) is 10.2 Å². The Hall–Kier alpha value is -1.21. The van der Waals surface area contributed by atoms with Crippen LogP contribution in [0.3, 0.4) is 0 Å². The average Bonchev–Trinajstić information content (AvgIpc) is 2.89. The second kappa shape index (κ2) is 5.65. The van der Waals surface area contributed by atoms with Gasteiger partial charge in [-0.05, 0) is 23.4 Å². The summed E-state index contributed by atoms with van der Waals surface area (Å²) in [6, 6.07) is 13.5. The van der Waals surface area contributed by atoms with E-state index in [1.807, 2.05) is 47.8 Å². The first-order valence-corrected chi connectivity index (χ1v) is 8.82. The van der Waals surface area contributed by atoms with Gasteiger partial charge in [-0.3, -0.25) is 0 Å². The maximum atomic E-state index is 12.3. The average molecular weight is 308 g/mol. The fourth-order valence-electron chi connectivity index (χ4n) is 2.27. The molecule has 3 rings (SSSR count). The van der Waals surface area contributed by atoms with Crippen LogP contribution in [0.5, 0.6) is 0 Å². The highest BCUT2D eigenvalue weighted by Crippen LogP contribution is 2.37. The van der Waals surface area contributed by atoms with Crippen molar-refractivity contribution < 1.29 is 8.42 Å². The van der Waals surface area contributed by atoms with Gasteiger partial charge in [0.2, 0.25) is 0 Å². The first kappa shape index (κ1) is 13.8. The van der Waals surface area contributed by atoms with Gasteiger partial charge in [0.1, 0.15) is 0 Å². The van der Waals surface area contributed by atoms with Crippen molar-refractivity contribution in [3.05, 3.63) is 58.3 Å². The third-order valence-corrected chi connectivity index (χ3v) is 5.99. The fraction of sp³-hybridized carbons (Fsp3) is 0.286. The van der Waals surface area contributed by atoms with E-state index >= 15 is 0 Å². The quantitative estimate of drug-likeness (QED) is 0.923. The third kappa shape index (κ3) is 2.78. The van der Waals surface area contributed by atoms with E-state index < -0.39 is 10.2 Å². The molecule has 4 nitrogen and oxygen atoms in total. The van der Waals surface area contributed by atoms with Crippen LogP contribution >= 0.6 is 11.3 Å². The summed E-state index contributed by atoms with van der Waals surface area (Å²) in [5.74, 6) is 0. The minimum absolute atomic E-state index is 0.00303. The molecule has 1 aliphatic rings. The first-order chi connectivity index (χ1) is 9.67. The number of thiophene rings is 1. The topological polar surface area (TPSA) is 49.4 Å². The molecule has 20 heavy (non-hydrogen) atoms. The molecular formula is C14H16N2O2S2. The SMILES string of the molecule is O=S(=O)(NCc1ccccc1)N1CC[C@@H]1c1cccs1. The molecule has 1 aromatic heterocycles. The lowest BCUT2D eigenvalue weighted by Crippen LogP contribution is -2.49. The molecule has 1 fully saturated rings. The van der Waals surface area contributed by atoms with Crippen molar-refractivity contribution in [1.29, 1.82) is 0 Å². The van der Waals surface area contributed by atoms with Crippen molar-refractivity contribution >= 4 is 21.5 Å². The number of hydrogen-bond donors (Lipinski definition) is 1. The molecular weight excluding hydrogens is 292 g/mol. The van der Waals surface area contributed by atoms with E-state index in [-0.39, 0.29) is 6.04 Å². The summed E-state index contributed by atoms with van der Waals surface area (Å²) < 4.78 is 28.8. The van der Waals surface area contributed by atoms with Gasteiger partial charge in [-0.15, -0.1) is 11.3 Å². The molecule has 0 aliphatic carbocycles. The molecule has 0 amide bonds. The van der Waals surface area contributed by atoms with Gasteiger partial charge < -0.3 is 0 Å². The Bertz CT molecular complexity index is 654. The zero-order valence-electron chi connectivity index (χ0n) is 10.9. The molecule has 0 saturated carbocycles. The number of hydrogen-bond acceptors (Lipinski definition) is 3. The van der Waals surface area contributed by atoms with Gasteiger partial charge in [-0.2, -0.15) is 17.4 Å². The van der Waals surface area contributed by atoms with Crippen molar-refractivity contribution in [1.82, 2.24) is 9.03 Å². The summed E-state index contributed by atoms with van der Waals surface area (Å²) in [5, 5.41) is 1.98. The maximum Gasteiger partial charge on any atom is 0.280 e. The first-order valence-electron chi connectivity index (χ1n) is 6.50. The molecule has 1 atom stereocenters. The molecule has 2 heterocycles. The van der Waals surface area contributed by atoms with Crippen LogP contribution < -0.4 is 4.72 Å². The lowest BCUT2D eigenvalue weighted by molar-refractivity contribution is 0.203. The fourth-order valence-corrected chi connectivity index (χ4v) is 4.62. The molecule has 0 spiro atoms. The molecule has 0 unspecified atom stereocenters. The minimum Gasteiger partial charge on any atom is -0.198 e. The zero-order valence-corrected chi connectivity index (χ0v) is 12.5. The molecule has 0 bridgehead atoms. The number of nitrogens with one attached hydrogen (secondary N) is 1. The van der Waals surface area contributed by atoms with E-state index in [0.717, 1.165) is 16.9 Å². The Morgan fingerprint density at radius 2 is 2.00 bits per heavy atom. The van der Waals surface area contributed by atoms with Crippen LogP contribution in [0.1, 0.15) is 22.9 Å². The normalized spacial score (nSPS) is 19.7. The van der Waals surface area contributed by atoms with Crippen molar-refractivity contribution in [2.45, 2.75) is 19.0 Å². The Balaban J connectivity index is 1.67. The van der Waals surface area contributed by atoms with Gasteiger partial charge in [0, 0.05) is 18.0 Å². The third-order valence-electron chi connectivity index (χ3n) is 3.45. The summed E-state index contributed by atoms with van der Waals surface area (Å²) in [6.07, 6.45) is 0.896. The second-order valence-corrected chi connectivity index (χ2v) is 7.43. The summed E-state index contributed by atoms with van der Waals surface area (Å²) in [6.45, 7) is 0.920. The van der Waals surface area contributed by atoms with E-state index in [4.69, 9.17) is 0 Å². The largest absolute Gasteiger partial charge is 0.280 e. The maximum absolute atomic E-state index is 12.3. The van der Waals surface area contributed by atoms with Crippen molar-refractivity contribution in [3.63, 3.8) is 0 Å². The highest BCUT2D eigenvalue weighted by molar-refractivity contribution is 7.87. The highest BCUT2D eigenvalue weighted by atomic mass is 32.2. The standard InChI is InChI=1S/C14H16N2O2S2/c17-20(18,15-11-12-5-2-1-3-6-12)16-9-8-13(16)14-7-4-10-19-14/h1-7,10,13,15H,8-9,11H2/t13-/m1/s1. The number of rotatable bonds is 5. The summed E-state index contributed by atoms with van der Waals surface area (Å²) in [7, 11) is -3.41. The van der Waals surface area contributed by atoms with Crippen LogP contribution in [0.15, 0.2) is 47.8 Å². The van der Waals surface area contributed by atoms with Gasteiger partial charge in [0.15, 0.2) is 0 Å². The molecule has 1 saturated heterocycles. The van der Waals surface area contributed by atoms with Crippen molar-refractivity contribution in [2.75, 3.05) is 6.54 Å². The lowest BCUT2D eigenvalue weighted by atomic mass is 10.1. The smallest absolute Gasteiger partial charge is 0.198 e.